The first kappa shape index (κ1) is 24.7. The minimum Gasteiger partial charge on any atom is -0.508 e. The van der Waals surface area contributed by atoms with Gasteiger partial charge in [0.25, 0.3) is 5.56 Å². The Hall–Kier alpha value is -4.40. The molecule has 0 bridgehead atoms. The van der Waals surface area contributed by atoms with E-state index in [1.807, 2.05) is 0 Å². The Bertz CT molecular complexity index is 1550. The first-order valence-electron chi connectivity index (χ1n) is 10.7. The molecule has 12 heteroatoms. The quantitative estimate of drug-likeness (QED) is 0.247. The van der Waals surface area contributed by atoms with Crippen molar-refractivity contribution in [2.45, 2.75) is 13.0 Å². The van der Waals surface area contributed by atoms with Crippen LogP contribution < -0.4 is 22.0 Å². The number of hydrogen-bond donors (Lipinski definition) is 5. The zero-order valence-electron chi connectivity index (χ0n) is 19.0. The summed E-state index contributed by atoms with van der Waals surface area (Å²) in [5, 5.41) is 22.5. The highest BCUT2D eigenvalue weighted by atomic mass is 35.5. The molecule has 10 nitrogen and oxygen atoms in total. The molecule has 0 aliphatic rings. The van der Waals surface area contributed by atoms with Crippen LogP contribution in [0.25, 0.3) is 10.9 Å². The summed E-state index contributed by atoms with van der Waals surface area (Å²) >= 11 is 6.24. The number of phenolic OH excluding ortho intramolecular Hbond substituents is 1. The predicted molar refractivity (Wildman–Crippen MR) is 135 cm³/mol. The van der Waals surface area contributed by atoms with Crippen molar-refractivity contribution in [1.29, 1.82) is 0 Å². The molecule has 6 N–H and O–H groups in total. The molecule has 4 aromatic rings. The van der Waals surface area contributed by atoms with E-state index >= 15 is 0 Å². The smallest absolute Gasteiger partial charge is 0.281 e. The van der Waals surface area contributed by atoms with Gasteiger partial charge in [0, 0.05) is 11.6 Å². The third-order valence-corrected chi connectivity index (χ3v) is 5.40. The number of fused-ring (bicyclic) bond motifs is 1. The molecule has 0 saturated carbocycles. The van der Waals surface area contributed by atoms with E-state index in [2.05, 4.69) is 37.5 Å². The molecule has 0 saturated heterocycles. The summed E-state index contributed by atoms with van der Waals surface area (Å²) in [6.07, 6.45) is 1.24. The van der Waals surface area contributed by atoms with Crippen molar-refractivity contribution in [3.63, 3.8) is 0 Å². The van der Waals surface area contributed by atoms with E-state index in [-0.39, 0.29) is 57.9 Å². The van der Waals surface area contributed by atoms with E-state index in [1.165, 1.54) is 17.1 Å². The molecule has 1 atom stereocenters. The molecule has 36 heavy (non-hydrogen) atoms. The Morgan fingerprint density at radius 1 is 1.25 bits per heavy atom. The highest BCUT2D eigenvalue weighted by Gasteiger charge is 2.20. The molecule has 1 unspecified atom stereocenters. The lowest BCUT2D eigenvalue weighted by molar-refractivity contribution is 0.306. The van der Waals surface area contributed by atoms with Crippen LogP contribution in [0.4, 0.5) is 16.0 Å². The van der Waals surface area contributed by atoms with Gasteiger partial charge in [-0.2, -0.15) is 0 Å². The lowest BCUT2D eigenvalue weighted by Crippen LogP contribution is -2.36. The average Bonchev–Trinajstić information content (AvgIpc) is 2.82. The van der Waals surface area contributed by atoms with Gasteiger partial charge in [-0.1, -0.05) is 29.5 Å². The number of aliphatic hydroxyl groups is 1. The lowest BCUT2D eigenvalue weighted by atomic mass is 10.1. The van der Waals surface area contributed by atoms with Crippen LogP contribution in [0.5, 0.6) is 5.75 Å². The van der Waals surface area contributed by atoms with Crippen molar-refractivity contribution < 1.29 is 14.6 Å². The second-order valence-electron chi connectivity index (χ2n) is 7.67. The Morgan fingerprint density at radius 2 is 2.06 bits per heavy atom. The van der Waals surface area contributed by atoms with E-state index in [4.69, 9.17) is 17.3 Å². The third-order valence-electron chi connectivity index (χ3n) is 5.09. The fraction of sp³-hybridized carbons (Fsp3) is 0.167. The number of nitrogens with zero attached hydrogens (tertiary/aromatic N) is 4. The summed E-state index contributed by atoms with van der Waals surface area (Å²) in [5.74, 6) is 5.25. The maximum absolute atomic E-state index is 13.6. The number of nitrogens with one attached hydrogen (secondary N) is 2. The molecule has 184 valence electrons. The summed E-state index contributed by atoms with van der Waals surface area (Å²) in [5.41, 5.74) is 9.29. The van der Waals surface area contributed by atoms with Gasteiger partial charge >= 0.3 is 0 Å². The summed E-state index contributed by atoms with van der Waals surface area (Å²) in [4.78, 5) is 26.0. The number of benzene rings is 2. The Kier molecular flexibility index (Phi) is 7.19. The monoisotopic (exact) mass is 509 g/mol. The molecule has 0 amide bonds. The fourth-order valence-electron chi connectivity index (χ4n) is 3.49. The number of aliphatic hydroxyl groups excluding tert-OH is 1. The van der Waals surface area contributed by atoms with Crippen LogP contribution in [0.2, 0.25) is 5.02 Å². The number of anilines is 2. The zero-order valence-corrected chi connectivity index (χ0v) is 19.7. The molecule has 0 aliphatic carbocycles. The molecule has 4 rings (SSSR count). The van der Waals surface area contributed by atoms with Gasteiger partial charge in [-0.05, 0) is 31.2 Å². The number of hydrogen-bond acceptors (Lipinski definition) is 9. The topological polar surface area (TPSA) is 151 Å². The van der Waals surface area contributed by atoms with Crippen molar-refractivity contribution >= 4 is 34.1 Å². The van der Waals surface area contributed by atoms with Gasteiger partial charge in [0.2, 0.25) is 0 Å². The van der Waals surface area contributed by atoms with E-state index in [9.17, 15) is 19.4 Å². The first-order chi connectivity index (χ1) is 17.3. The van der Waals surface area contributed by atoms with Gasteiger partial charge in [0.05, 0.1) is 35.1 Å². The Labute approximate surface area is 209 Å². The van der Waals surface area contributed by atoms with Crippen molar-refractivity contribution in [3.05, 3.63) is 80.9 Å². The second kappa shape index (κ2) is 10.5. The summed E-state index contributed by atoms with van der Waals surface area (Å²) in [7, 11) is 0. The van der Waals surface area contributed by atoms with Crippen molar-refractivity contribution in [3.8, 4) is 17.6 Å². The van der Waals surface area contributed by atoms with Gasteiger partial charge in [-0.25, -0.2) is 24.0 Å². The van der Waals surface area contributed by atoms with Crippen molar-refractivity contribution in [2.75, 3.05) is 29.6 Å². The van der Waals surface area contributed by atoms with Gasteiger partial charge < -0.3 is 26.7 Å². The van der Waals surface area contributed by atoms with Crippen molar-refractivity contribution in [1.82, 2.24) is 19.6 Å². The molecule has 0 aliphatic heterocycles. The van der Waals surface area contributed by atoms with Crippen LogP contribution in [-0.4, -0.2) is 43.0 Å². The number of rotatable bonds is 6. The molecular weight excluding hydrogens is 489 g/mol. The van der Waals surface area contributed by atoms with Crippen LogP contribution in [0, 0.1) is 17.7 Å². The van der Waals surface area contributed by atoms with Crippen LogP contribution in [0.3, 0.4) is 0 Å². The van der Waals surface area contributed by atoms with E-state index in [0.717, 1.165) is 12.1 Å². The number of halogens is 2. The van der Waals surface area contributed by atoms with Gasteiger partial charge in [-0.15, -0.1) is 0 Å². The number of aromatic nitrogens is 4. The normalized spacial score (nSPS) is 11.6. The second-order valence-corrected chi connectivity index (χ2v) is 8.08. The van der Waals surface area contributed by atoms with Crippen LogP contribution >= 0.6 is 11.6 Å². The summed E-state index contributed by atoms with van der Waals surface area (Å²) in [6, 6.07) is 7.78. The molecule has 2 aromatic heterocycles. The number of nitrogen functional groups attached to an aromatic ring is 1. The van der Waals surface area contributed by atoms with Crippen LogP contribution in [0.15, 0.2) is 47.5 Å². The van der Waals surface area contributed by atoms with Crippen LogP contribution in [0.1, 0.15) is 29.9 Å². The predicted octanol–water partition coefficient (Wildman–Crippen LogP) is 2.38. The number of aromatic hydroxyl groups is 1. The molecule has 0 fully saturated rings. The molecule has 2 aromatic carbocycles. The maximum atomic E-state index is 13.6. The molecular formula is C24H21ClFN7O3. The highest BCUT2D eigenvalue weighted by Crippen LogP contribution is 2.24. The molecule has 0 radical (unpaired) electrons. The van der Waals surface area contributed by atoms with Crippen LogP contribution in [-0.2, 0) is 0 Å². The van der Waals surface area contributed by atoms with Gasteiger partial charge in [0.1, 0.15) is 35.1 Å². The third kappa shape index (κ3) is 5.14. The Balaban J connectivity index is 1.76. The Morgan fingerprint density at radius 3 is 2.81 bits per heavy atom. The minimum absolute atomic E-state index is 0.0712. The largest absolute Gasteiger partial charge is 0.508 e. The average molecular weight is 510 g/mol. The zero-order chi connectivity index (χ0) is 25.8. The van der Waals surface area contributed by atoms with Gasteiger partial charge in [-0.3, -0.25) is 4.79 Å². The molecule has 0 spiro atoms. The highest BCUT2D eigenvalue weighted by molar-refractivity contribution is 6.35. The first-order valence-corrected chi connectivity index (χ1v) is 11.1. The van der Waals surface area contributed by atoms with Gasteiger partial charge in [0.15, 0.2) is 5.82 Å². The molecule has 2 heterocycles. The number of phenols is 1. The van der Waals surface area contributed by atoms with Crippen molar-refractivity contribution in [2.24, 2.45) is 0 Å². The fourth-order valence-corrected chi connectivity index (χ4v) is 3.74. The summed E-state index contributed by atoms with van der Waals surface area (Å²) < 4.78 is 14.8. The standard InChI is InChI=1S/C24H21ClFN7O3/c1-13(23-32-19-4-2-3-18(25)20(19)24(36)33(23)30-7-8-34)31-22-17(21(27)28-12-29-22)6-5-14-9-15(26)11-16(35)10-14/h2-4,9-13,30,34-35H,7-8H2,1H3,(H3,27,28,29,31). The van der Waals surface area contributed by atoms with E-state index < -0.39 is 17.4 Å². The number of nitrogens with two attached hydrogens (primary N) is 1. The minimum atomic E-state index is -0.639. The lowest BCUT2D eigenvalue weighted by Gasteiger charge is -2.21. The SMILES string of the molecule is CC(Nc1ncnc(N)c1C#Cc1cc(O)cc(F)c1)c1nc2cccc(Cl)c2c(=O)n1NCCO. The maximum Gasteiger partial charge on any atom is 0.281 e. The summed E-state index contributed by atoms with van der Waals surface area (Å²) in [6.45, 7) is 1.62. The van der Waals surface area contributed by atoms with E-state index in [0.29, 0.717) is 5.52 Å². The van der Waals surface area contributed by atoms with E-state index in [1.54, 1.807) is 25.1 Å².